The van der Waals surface area contributed by atoms with Crippen molar-refractivity contribution < 1.29 is 9.47 Å². The SMILES string of the molecule is CCOCCC1(CNC(=NC)NCC2CN(CC(C)C)CCO2)CCCC1. The number of ether oxygens (including phenoxy) is 2. The molecule has 0 spiro atoms. The first-order valence-electron chi connectivity index (χ1n) is 10.9. The molecule has 1 unspecified atom stereocenters. The van der Waals surface area contributed by atoms with Crippen molar-refractivity contribution in [2.75, 3.05) is 59.6 Å². The molecular formula is C21H42N4O2. The second kappa shape index (κ2) is 11.9. The van der Waals surface area contributed by atoms with Gasteiger partial charge in [0.2, 0.25) is 0 Å². The minimum absolute atomic E-state index is 0.231. The Kier molecular flexibility index (Phi) is 9.87. The molecule has 2 aliphatic rings. The van der Waals surface area contributed by atoms with Crippen LogP contribution in [0.5, 0.6) is 0 Å². The first-order valence-corrected chi connectivity index (χ1v) is 10.9. The van der Waals surface area contributed by atoms with Gasteiger partial charge in [-0.2, -0.15) is 0 Å². The van der Waals surface area contributed by atoms with E-state index in [9.17, 15) is 0 Å². The summed E-state index contributed by atoms with van der Waals surface area (Å²) in [5.74, 6) is 1.59. The van der Waals surface area contributed by atoms with E-state index >= 15 is 0 Å². The Hall–Kier alpha value is -0.850. The minimum atomic E-state index is 0.231. The molecule has 0 aromatic rings. The van der Waals surface area contributed by atoms with Crippen LogP contribution in [-0.4, -0.2) is 76.6 Å². The predicted molar refractivity (Wildman–Crippen MR) is 112 cm³/mol. The van der Waals surface area contributed by atoms with Crippen LogP contribution in [0.15, 0.2) is 4.99 Å². The summed E-state index contributed by atoms with van der Waals surface area (Å²) in [7, 11) is 1.85. The normalized spacial score (nSPS) is 23.7. The fourth-order valence-electron chi connectivity index (χ4n) is 4.36. The highest BCUT2D eigenvalue weighted by Gasteiger charge is 2.33. The number of nitrogens with one attached hydrogen (secondary N) is 2. The highest BCUT2D eigenvalue weighted by atomic mass is 16.5. The quantitative estimate of drug-likeness (QED) is 0.345. The molecule has 1 atom stereocenters. The van der Waals surface area contributed by atoms with E-state index in [-0.39, 0.29) is 6.10 Å². The Morgan fingerprint density at radius 1 is 1.30 bits per heavy atom. The third-order valence-electron chi connectivity index (χ3n) is 5.84. The molecule has 1 aliphatic heterocycles. The van der Waals surface area contributed by atoms with E-state index < -0.39 is 0 Å². The van der Waals surface area contributed by atoms with Gasteiger partial charge in [-0.3, -0.25) is 9.89 Å². The molecule has 0 aromatic carbocycles. The van der Waals surface area contributed by atoms with Crippen LogP contribution in [-0.2, 0) is 9.47 Å². The van der Waals surface area contributed by atoms with E-state index in [0.29, 0.717) is 11.3 Å². The molecule has 6 heteroatoms. The third-order valence-corrected chi connectivity index (χ3v) is 5.84. The zero-order chi connectivity index (χ0) is 19.5. The van der Waals surface area contributed by atoms with Crippen molar-refractivity contribution in [3.05, 3.63) is 0 Å². The molecule has 0 bridgehead atoms. The van der Waals surface area contributed by atoms with Gasteiger partial charge in [-0.1, -0.05) is 26.7 Å². The lowest BCUT2D eigenvalue weighted by atomic mass is 9.83. The molecule has 27 heavy (non-hydrogen) atoms. The minimum Gasteiger partial charge on any atom is -0.382 e. The Bertz CT molecular complexity index is 436. The maximum atomic E-state index is 5.94. The summed E-state index contributed by atoms with van der Waals surface area (Å²) in [5.41, 5.74) is 0.363. The van der Waals surface area contributed by atoms with Crippen LogP contribution < -0.4 is 10.6 Å². The van der Waals surface area contributed by atoms with E-state index in [4.69, 9.17) is 9.47 Å². The lowest BCUT2D eigenvalue weighted by molar-refractivity contribution is -0.0284. The van der Waals surface area contributed by atoms with Crippen molar-refractivity contribution in [1.29, 1.82) is 0 Å². The maximum Gasteiger partial charge on any atom is 0.191 e. The van der Waals surface area contributed by atoms with Gasteiger partial charge in [-0.15, -0.1) is 0 Å². The molecule has 158 valence electrons. The summed E-state index contributed by atoms with van der Waals surface area (Å²) in [6, 6.07) is 0. The first-order chi connectivity index (χ1) is 13.1. The summed E-state index contributed by atoms with van der Waals surface area (Å²) >= 11 is 0. The molecule has 2 fully saturated rings. The van der Waals surface area contributed by atoms with Crippen LogP contribution >= 0.6 is 0 Å². The second-order valence-corrected chi connectivity index (χ2v) is 8.61. The largest absolute Gasteiger partial charge is 0.382 e. The Morgan fingerprint density at radius 3 is 2.74 bits per heavy atom. The van der Waals surface area contributed by atoms with Crippen molar-refractivity contribution in [2.45, 2.75) is 59.0 Å². The molecule has 0 aromatic heterocycles. The smallest absolute Gasteiger partial charge is 0.191 e. The molecule has 1 aliphatic carbocycles. The van der Waals surface area contributed by atoms with Gasteiger partial charge in [0.05, 0.1) is 12.7 Å². The number of aliphatic imine (C=N–C) groups is 1. The third kappa shape index (κ3) is 7.96. The van der Waals surface area contributed by atoms with Crippen molar-refractivity contribution in [3.8, 4) is 0 Å². The van der Waals surface area contributed by atoms with Crippen LogP contribution in [0, 0.1) is 11.3 Å². The van der Waals surface area contributed by atoms with Crippen molar-refractivity contribution in [2.24, 2.45) is 16.3 Å². The summed E-state index contributed by atoms with van der Waals surface area (Å²) in [4.78, 5) is 6.93. The van der Waals surface area contributed by atoms with Crippen LogP contribution in [0.2, 0.25) is 0 Å². The molecular weight excluding hydrogens is 340 g/mol. The molecule has 1 saturated heterocycles. The standard InChI is InChI=1S/C21H42N4O2/c1-5-26-12-10-21(8-6-7-9-21)17-24-20(22-4)23-14-19-16-25(11-13-27-19)15-18(2)3/h18-19H,5-17H2,1-4H3,(H2,22,23,24). The van der Waals surface area contributed by atoms with Crippen LogP contribution in [0.3, 0.4) is 0 Å². The average Bonchev–Trinajstić information content (AvgIpc) is 3.11. The van der Waals surface area contributed by atoms with Gasteiger partial charge in [0.1, 0.15) is 0 Å². The number of rotatable bonds is 10. The highest BCUT2D eigenvalue weighted by molar-refractivity contribution is 5.79. The molecule has 2 rings (SSSR count). The van der Waals surface area contributed by atoms with E-state index in [1.807, 2.05) is 7.05 Å². The van der Waals surface area contributed by atoms with Gasteiger partial charge < -0.3 is 20.1 Å². The molecule has 2 N–H and O–H groups in total. The average molecular weight is 383 g/mol. The van der Waals surface area contributed by atoms with Gasteiger partial charge in [-0.05, 0) is 37.5 Å². The second-order valence-electron chi connectivity index (χ2n) is 8.61. The summed E-state index contributed by atoms with van der Waals surface area (Å²) < 4.78 is 11.6. The van der Waals surface area contributed by atoms with Crippen LogP contribution in [0.4, 0.5) is 0 Å². The van der Waals surface area contributed by atoms with E-state index in [2.05, 4.69) is 41.3 Å². The number of nitrogens with zero attached hydrogens (tertiary/aromatic N) is 2. The molecule has 1 heterocycles. The first kappa shape index (κ1) is 22.4. The van der Waals surface area contributed by atoms with Crippen molar-refractivity contribution in [3.63, 3.8) is 0 Å². The van der Waals surface area contributed by atoms with Gasteiger partial charge in [-0.25, -0.2) is 0 Å². The molecule has 1 saturated carbocycles. The van der Waals surface area contributed by atoms with E-state index in [0.717, 1.165) is 64.9 Å². The number of hydrogen-bond donors (Lipinski definition) is 2. The number of hydrogen-bond acceptors (Lipinski definition) is 4. The Labute approximate surface area is 166 Å². The Balaban J connectivity index is 1.74. The summed E-state index contributed by atoms with van der Waals surface area (Å²) in [5, 5.41) is 7.05. The van der Waals surface area contributed by atoms with E-state index in [1.165, 1.54) is 25.7 Å². The molecule has 0 amide bonds. The summed E-state index contributed by atoms with van der Waals surface area (Å²) in [6.07, 6.45) is 6.62. The van der Waals surface area contributed by atoms with Gasteiger partial charge >= 0.3 is 0 Å². The van der Waals surface area contributed by atoms with Gasteiger partial charge in [0.15, 0.2) is 5.96 Å². The molecule has 0 radical (unpaired) electrons. The zero-order valence-electron chi connectivity index (χ0n) is 18.1. The number of morpholine rings is 1. The number of guanidine groups is 1. The van der Waals surface area contributed by atoms with Gasteiger partial charge in [0, 0.05) is 53.0 Å². The lowest BCUT2D eigenvalue weighted by Crippen LogP contribution is -2.51. The zero-order valence-corrected chi connectivity index (χ0v) is 18.1. The summed E-state index contributed by atoms with van der Waals surface area (Å²) in [6.45, 7) is 14.1. The lowest BCUT2D eigenvalue weighted by Gasteiger charge is -2.34. The predicted octanol–water partition coefficient (Wildman–Crippen LogP) is 2.50. The van der Waals surface area contributed by atoms with Crippen LogP contribution in [0.25, 0.3) is 0 Å². The fraction of sp³-hybridized carbons (Fsp3) is 0.952. The van der Waals surface area contributed by atoms with Gasteiger partial charge in [0.25, 0.3) is 0 Å². The van der Waals surface area contributed by atoms with Crippen molar-refractivity contribution in [1.82, 2.24) is 15.5 Å². The monoisotopic (exact) mass is 382 g/mol. The maximum absolute atomic E-state index is 5.94. The van der Waals surface area contributed by atoms with Crippen LogP contribution in [0.1, 0.15) is 52.9 Å². The fourth-order valence-corrected chi connectivity index (χ4v) is 4.36. The molecule has 6 nitrogen and oxygen atoms in total. The van der Waals surface area contributed by atoms with E-state index in [1.54, 1.807) is 0 Å². The topological polar surface area (TPSA) is 58.1 Å². The van der Waals surface area contributed by atoms with Crippen molar-refractivity contribution >= 4 is 5.96 Å². The highest BCUT2D eigenvalue weighted by Crippen LogP contribution is 2.40. The Morgan fingerprint density at radius 2 is 2.07 bits per heavy atom.